The van der Waals surface area contributed by atoms with Crippen LogP contribution in [0.1, 0.15) is 21.7 Å². The Balaban J connectivity index is 1.38. The predicted octanol–water partition coefficient (Wildman–Crippen LogP) is 4.19. The van der Waals surface area contributed by atoms with E-state index in [1.54, 1.807) is 37.7 Å². The minimum Gasteiger partial charge on any atom is -0.497 e. The summed E-state index contributed by atoms with van der Waals surface area (Å²) in [5.41, 5.74) is 4.30. The molecule has 5 aromatic rings. The van der Waals surface area contributed by atoms with Crippen LogP contribution in [0.5, 0.6) is 5.75 Å². The quantitative estimate of drug-likeness (QED) is 0.417. The van der Waals surface area contributed by atoms with Gasteiger partial charge >= 0.3 is 0 Å². The summed E-state index contributed by atoms with van der Waals surface area (Å²) in [6, 6.07) is 12.5. The van der Waals surface area contributed by atoms with Gasteiger partial charge in [0, 0.05) is 17.3 Å². The van der Waals surface area contributed by atoms with E-state index in [0.717, 1.165) is 17.0 Å². The van der Waals surface area contributed by atoms with E-state index < -0.39 is 0 Å². The smallest absolute Gasteiger partial charge is 0.251 e. The Morgan fingerprint density at radius 2 is 1.94 bits per heavy atom. The third kappa shape index (κ3) is 4.16. The first-order valence-electron chi connectivity index (χ1n) is 10.2. The van der Waals surface area contributed by atoms with Gasteiger partial charge in [-0.05, 0) is 49.4 Å². The van der Waals surface area contributed by atoms with E-state index in [-0.39, 0.29) is 12.5 Å². The lowest BCUT2D eigenvalue weighted by Crippen LogP contribution is -2.23. The number of benzene rings is 2. The molecule has 0 fully saturated rings. The van der Waals surface area contributed by atoms with Crippen molar-refractivity contribution in [3.8, 4) is 28.6 Å². The van der Waals surface area contributed by atoms with Crippen molar-refractivity contribution in [2.75, 3.05) is 7.11 Å². The Morgan fingerprint density at radius 1 is 1.09 bits per heavy atom. The van der Waals surface area contributed by atoms with Crippen LogP contribution in [0.2, 0.25) is 0 Å². The van der Waals surface area contributed by atoms with Gasteiger partial charge in [-0.25, -0.2) is 4.98 Å². The highest BCUT2D eigenvalue weighted by Crippen LogP contribution is 2.31. The molecule has 0 aliphatic rings. The van der Waals surface area contributed by atoms with Gasteiger partial charge in [-0.3, -0.25) is 14.8 Å². The fourth-order valence-electron chi connectivity index (χ4n) is 3.30. The Labute approximate surface area is 188 Å². The molecule has 164 valence electrons. The molecule has 0 spiro atoms. The maximum Gasteiger partial charge on any atom is 0.251 e. The van der Waals surface area contributed by atoms with Crippen molar-refractivity contribution >= 4 is 16.9 Å². The second-order valence-electron chi connectivity index (χ2n) is 7.34. The van der Waals surface area contributed by atoms with Crippen LogP contribution in [0.4, 0.5) is 0 Å². The number of rotatable bonds is 6. The lowest BCUT2D eigenvalue weighted by atomic mass is 10.1. The van der Waals surface area contributed by atoms with Gasteiger partial charge in [0.25, 0.3) is 5.91 Å². The Morgan fingerprint density at radius 3 is 2.70 bits per heavy atom. The molecular weight excluding hydrogens is 422 g/mol. The number of carbonyl (C=O) groups is 1. The molecule has 0 unspecified atom stereocenters. The highest BCUT2D eigenvalue weighted by molar-refractivity contribution is 6.00. The fraction of sp³-hybridized carbons (Fsp3) is 0.125. The highest BCUT2D eigenvalue weighted by atomic mass is 16.5. The topological polar surface area (TPSA) is 116 Å². The van der Waals surface area contributed by atoms with E-state index in [0.29, 0.717) is 39.5 Å². The van der Waals surface area contributed by atoms with Gasteiger partial charge in [0.05, 0.1) is 36.6 Å². The second-order valence-corrected chi connectivity index (χ2v) is 7.34. The zero-order chi connectivity index (χ0) is 22.8. The van der Waals surface area contributed by atoms with Crippen LogP contribution < -0.4 is 10.1 Å². The van der Waals surface area contributed by atoms with Crippen LogP contribution in [0, 0.1) is 6.92 Å². The van der Waals surface area contributed by atoms with Crippen LogP contribution in [0.15, 0.2) is 70.1 Å². The van der Waals surface area contributed by atoms with Gasteiger partial charge < -0.3 is 19.0 Å². The number of hydrogen-bond acceptors (Lipinski definition) is 8. The molecule has 1 amide bonds. The standard InChI is InChI=1S/C24H19N5O4/c1-14-10-26-17(11-25-14)12-27-23(30)16-5-8-21-19(9-16)22(29-33-21)20-13-32-24(28-20)15-3-6-18(31-2)7-4-15/h3-11,13H,12H2,1-2H3,(H,27,30). The molecule has 9 heteroatoms. The maximum absolute atomic E-state index is 12.7. The summed E-state index contributed by atoms with van der Waals surface area (Å²) in [6.45, 7) is 2.13. The number of methoxy groups -OCH3 is 1. The van der Waals surface area contributed by atoms with Crippen molar-refractivity contribution in [3.05, 3.63) is 78.1 Å². The van der Waals surface area contributed by atoms with E-state index >= 15 is 0 Å². The van der Waals surface area contributed by atoms with Crippen LogP contribution in [-0.2, 0) is 6.54 Å². The number of nitrogens with one attached hydrogen (secondary N) is 1. The molecule has 3 aromatic heterocycles. The summed E-state index contributed by atoms with van der Waals surface area (Å²) in [4.78, 5) is 25.7. The molecule has 0 aliphatic heterocycles. The number of aromatic nitrogens is 4. The first-order valence-corrected chi connectivity index (χ1v) is 10.2. The van der Waals surface area contributed by atoms with Crippen molar-refractivity contribution < 1.29 is 18.5 Å². The van der Waals surface area contributed by atoms with Crippen molar-refractivity contribution in [3.63, 3.8) is 0 Å². The number of amides is 1. The van der Waals surface area contributed by atoms with E-state index in [4.69, 9.17) is 13.7 Å². The SMILES string of the molecule is COc1ccc(-c2nc(-c3noc4ccc(C(=O)NCc5cnc(C)cn5)cc34)co2)cc1. The zero-order valence-electron chi connectivity index (χ0n) is 17.9. The summed E-state index contributed by atoms with van der Waals surface area (Å²) in [5, 5.41) is 7.64. The van der Waals surface area contributed by atoms with E-state index in [1.807, 2.05) is 31.2 Å². The Hall–Kier alpha value is -4.53. The highest BCUT2D eigenvalue weighted by Gasteiger charge is 2.18. The van der Waals surface area contributed by atoms with Gasteiger partial charge in [0.2, 0.25) is 5.89 Å². The van der Waals surface area contributed by atoms with Crippen LogP contribution in [-0.4, -0.2) is 33.1 Å². The lowest BCUT2D eigenvalue weighted by molar-refractivity contribution is 0.0950. The maximum atomic E-state index is 12.7. The first-order chi connectivity index (χ1) is 16.1. The normalized spacial score (nSPS) is 11.0. The van der Waals surface area contributed by atoms with Gasteiger partial charge in [-0.2, -0.15) is 0 Å². The molecule has 0 atom stereocenters. The second kappa shape index (κ2) is 8.54. The molecule has 9 nitrogen and oxygen atoms in total. The molecule has 1 N–H and O–H groups in total. The van der Waals surface area contributed by atoms with E-state index in [9.17, 15) is 4.79 Å². The van der Waals surface area contributed by atoms with Gasteiger partial charge in [-0.15, -0.1) is 0 Å². The number of oxazole rings is 1. The number of aryl methyl sites for hydroxylation is 1. The number of carbonyl (C=O) groups excluding carboxylic acids is 1. The molecule has 0 saturated carbocycles. The first kappa shape index (κ1) is 20.4. The average molecular weight is 441 g/mol. The Kier molecular flexibility index (Phi) is 5.27. The molecule has 2 aromatic carbocycles. The van der Waals surface area contributed by atoms with Crippen LogP contribution >= 0.6 is 0 Å². The average Bonchev–Trinajstić information content (AvgIpc) is 3.50. The van der Waals surface area contributed by atoms with Crippen molar-refractivity contribution in [2.45, 2.75) is 13.5 Å². The van der Waals surface area contributed by atoms with Crippen LogP contribution in [0.25, 0.3) is 33.8 Å². The molecule has 0 bridgehead atoms. The zero-order valence-corrected chi connectivity index (χ0v) is 17.9. The van der Waals surface area contributed by atoms with E-state index in [1.165, 1.54) is 6.26 Å². The minimum absolute atomic E-state index is 0.245. The molecular formula is C24H19N5O4. The monoisotopic (exact) mass is 441 g/mol. The van der Waals surface area contributed by atoms with Crippen molar-refractivity contribution in [1.82, 2.24) is 25.4 Å². The summed E-state index contributed by atoms with van der Waals surface area (Å²) in [5.74, 6) is 0.940. The third-order valence-corrected chi connectivity index (χ3v) is 5.08. The fourth-order valence-corrected chi connectivity index (χ4v) is 3.30. The Bertz CT molecular complexity index is 1420. The minimum atomic E-state index is -0.245. The molecule has 0 saturated heterocycles. The van der Waals surface area contributed by atoms with Gasteiger partial charge in [0.15, 0.2) is 5.58 Å². The van der Waals surface area contributed by atoms with Gasteiger partial charge in [-0.1, -0.05) is 5.16 Å². The summed E-state index contributed by atoms with van der Waals surface area (Å²) < 4.78 is 16.3. The van der Waals surface area contributed by atoms with Gasteiger partial charge in [0.1, 0.15) is 23.4 Å². The van der Waals surface area contributed by atoms with Crippen molar-refractivity contribution in [1.29, 1.82) is 0 Å². The van der Waals surface area contributed by atoms with Crippen molar-refractivity contribution in [2.24, 2.45) is 0 Å². The van der Waals surface area contributed by atoms with Crippen LogP contribution in [0.3, 0.4) is 0 Å². The summed E-state index contributed by atoms with van der Waals surface area (Å²) in [7, 11) is 1.61. The molecule has 0 aliphatic carbocycles. The lowest BCUT2D eigenvalue weighted by Gasteiger charge is -2.05. The largest absolute Gasteiger partial charge is 0.497 e. The van der Waals surface area contributed by atoms with E-state index in [2.05, 4.69) is 25.4 Å². The molecule has 33 heavy (non-hydrogen) atoms. The molecule has 0 radical (unpaired) electrons. The number of hydrogen-bond donors (Lipinski definition) is 1. The molecule has 5 rings (SSSR count). The number of nitrogens with zero attached hydrogens (tertiary/aromatic N) is 4. The molecule has 3 heterocycles. The predicted molar refractivity (Wildman–Crippen MR) is 119 cm³/mol. The number of ether oxygens (including phenoxy) is 1. The summed E-state index contributed by atoms with van der Waals surface area (Å²) in [6.07, 6.45) is 4.82. The number of fused-ring (bicyclic) bond motifs is 1. The third-order valence-electron chi connectivity index (χ3n) is 5.08. The summed E-state index contributed by atoms with van der Waals surface area (Å²) >= 11 is 0.